The molecule has 0 saturated heterocycles. The lowest BCUT2D eigenvalue weighted by Gasteiger charge is -2.14. The van der Waals surface area contributed by atoms with Crippen LogP contribution in [0, 0.1) is 6.92 Å². The second-order valence-corrected chi connectivity index (χ2v) is 5.33. The summed E-state index contributed by atoms with van der Waals surface area (Å²) in [6.45, 7) is 3.80. The summed E-state index contributed by atoms with van der Waals surface area (Å²) in [6, 6.07) is 10.4. The van der Waals surface area contributed by atoms with Crippen LogP contribution in [0.3, 0.4) is 0 Å². The number of ether oxygens (including phenoxy) is 3. The molecule has 0 unspecified atom stereocenters. The predicted octanol–water partition coefficient (Wildman–Crippen LogP) is 4.39. The largest absolute Gasteiger partial charge is 0.465 e. The summed E-state index contributed by atoms with van der Waals surface area (Å²) in [5.74, 6) is -0.169. The monoisotopic (exact) mass is 340 g/mol. The van der Waals surface area contributed by atoms with Crippen molar-refractivity contribution >= 4 is 18.0 Å². The number of rotatable bonds is 5. The smallest absolute Gasteiger partial charge is 0.338 e. The van der Waals surface area contributed by atoms with Crippen LogP contribution in [0.2, 0.25) is 0 Å². The lowest BCUT2D eigenvalue weighted by molar-refractivity contribution is 0.0598. The van der Waals surface area contributed by atoms with Gasteiger partial charge >= 0.3 is 11.9 Å². The molecule has 0 fully saturated rings. The fourth-order valence-corrected chi connectivity index (χ4v) is 2.30. The number of hydrogen-bond donors (Lipinski definition) is 0. The van der Waals surface area contributed by atoms with Gasteiger partial charge in [0.25, 0.3) is 0 Å². The molecular weight excluding hydrogens is 320 g/mol. The van der Waals surface area contributed by atoms with Crippen LogP contribution in [0.1, 0.15) is 38.8 Å². The van der Waals surface area contributed by atoms with Crippen molar-refractivity contribution in [1.29, 1.82) is 0 Å². The van der Waals surface area contributed by atoms with Gasteiger partial charge in [-0.25, -0.2) is 9.59 Å². The Bertz CT molecular complexity index is 804. The first-order chi connectivity index (χ1) is 12.0. The van der Waals surface area contributed by atoms with Crippen LogP contribution in [0.15, 0.2) is 42.5 Å². The molecule has 0 aliphatic carbocycles. The molecule has 2 aromatic carbocycles. The highest BCUT2D eigenvalue weighted by molar-refractivity contribution is 5.99. The molecule has 0 heterocycles. The molecule has 0 amide bonds. The summed E-state index contributed by atoms with van der Waals surface area (Å²) >= 11 is 0. The minimum Gasteiger partial charge on any atom is -0.465 e. The number of carbonyl (C=O) groups is 2. The van der Waals surface area contributed by atoms with Gasteiger partial charge in [0.05, 0.1) is 25.3 Å². The van der Waals surface area contributed by atoms with Crippen LogP contribution < -0.4 is 4.74 Å². The molecule has 2 rings (SSSR count). The number of hydrogen-bond acceptors (Lipinski definition) is 5. The molecule has 0 aliphatic heterocycles. The Morgan fingerprint density at radius 2 is 1.60 bits per heavy atom. The Morgan fingerprint density at radius 3 is 2.16 bits per heavy atom. The number of carbonyl (C=O) groups excluding carboxylic acids is 2. The molecule has 2 aromatic rings. The van der Waals surface area contributed by atoms with Gasteiger partial charge in [0, 0.05) is 5.56 Å². The highest BCUT2D eigenvalue weighted by Crippen LogP contribution is 2.31. The summed E-state index contributed by atoms with van der Waals surface area (Å²) in [4.78, 5) is 24.1. The topological polar surface area (TPSA) is 61.8 Å². The maximum atomic E-state index is 12.2. The number of esters is 2. The summed E-state index contributed by atoms with van der Waals surface area (Å²) in [5, 5.41) is 0. The van der Waals surface area contributed by atoms with Crippen molar-refractivity contribution in [3.63, 3.8) is 0 Å². The Labute approximate surface area is 146 Å². The highest BCUT2D eigenvalue weighted by atomic mass is 16.5. The van der Waals surface area contributed by atoms with Crippen molar-refractivity contribution in [3.05, 3.63) is 64.7 Å². The Morgan fingerprint density at radius 1 is 0.960 bits per heavy atom. The van der Waals surface area contributed by atoms with E-state index in [1.807, 2.05) is 38.1 Å². The second-order valence-electron chi connectivity index (χ2n) is 5.33. The number of allylic oxidation sites excluding steroid dienone is 1. The fourth-order valence-electron chi connectivity index (χ4n) is 2.30. The maximum absolute atomic E-state index is 12.2. The van der Waals surface area contributed by atoms with E-state index in [4.69, 9.17) is 14.2 Å². The summed E-state index contributed by atoms with van der Waals surface area (Å²) in [5.41, 5.74) is 2.06. The van der Waals surface area contributed by atoms with Crippen molar-refractivity contribution in [2.24, 2.45) is 0 Å². The van der Waals surface area contributed by atoms with E-state index in [-0.39, 0.29) is 11.1 Å². The SMILES string of the molecule is C/C=C/c1c(Oc2ccc(C)cc2)cc(C(=O)OC)cc1C(=O)OC. The van der Waals surface area contributed by atoms with Crippen LogP contribution >= 0.6 is 0 Å². The van der Waals surface area contributed by atoms with Crippen molar-refractivity contribution in [3.8, 4) is 11.5 Å². The van der Waals surface area contributed by atoms with Crippen LogP contribution in [-0.2, 0) is 9.47 Å². The van der Waals surface area contributed by atoms with Crippen molar-refractivity contribution in [2.75, 3.05) is 14.2 Å². The van der Waals surface area contributed by atoms with E-state index in [2.05, 4.69) is 0 Å². The van der Waals surface area contributed by atoms with E-state index in [1.54, 1.807) is 18.2 Å². The predicted molar refractivity (Wildman–Crippen MR) is 95.1 cm³/mol. The van der Waals surface area contributed by atoms with Gasteiger partial charge in [0.1, 0.15) is 11.5 Å². The van der Waals surface area contributed by atoms with Gasteiger partial charge in [-0.3, -0.25) is 0 Å². The van der Waals surface area contributed by atoms with Gasteiger partial charge < -0.3 is 14.2 Å². The molecule has 0 bridgehead atoms. The van der Waals surface area contributed by atoms with Crippen molar-refractivity contribution in [2.45, 2.75) is 13.8 Å². The minimum atomic E-state index is -0.564. The first kappa shape index (κ1) is 18.3. The van der Waals surface area contributed by atoms with E-state index >= 15 is 0 Å². The van der Waals surface area contributed by atoms with Gasteiger partial charge in [0.15, 0.2) is 0 Å². The van der Waals surface area contributed by atoms with Crippen molar-refractivity contribution in [1.82, 2.24) is 0 Å². The van der Waals surface area contributed by atoms with Crippen LogP contribution in [-0.4, -0.2) is 26.2 Å². The average molecular weight is 340 g/mol. The fraction of sp³-hybridized carbons (Fsp3) is 0.200. The summed E-state index contributed by atoms with van der Waals surface area (Å²) in [6.07, 6.45) is 3.51. The zero-order chi connectivity index (χ0) is 18.4. The summed E-state index contributed by atoms with van der Waals surface area (Å²) in [7, 11) is 2.56. The molecule has 130 valence electrons. The quantitative estimate of drug-likeness (QED) is 0.755. The average Bonchev–Trinajstić information content (AvgIpc) is 2.63. The van der Waals surface area contributed by atoms with Gasteiger partial charge in [-0.2, -0.15) is 0 Å². The molecule has 0 aromatic heterocycles. The highest BCUT2D eigenvalue weighted by Gasteiger charge is 2.20. The zero-order valence-corrected chi connectivity index (χ0v) is 14.7. The van der Waals surface area contributed by atoms with Crippen LogP contribution in [0.25, 0.3) is 6.08 Å². The number of benzene rings is 2. The number of aryl methyl sites for hydroxylation is 1. The molecule has 0 spiro atoms. The normalized spacial score (nSPS) is 10.6. The van der Waals surface area contributed by atoms with Crippen molar-refractivity contribution < 1.29 is 23.8 Å². The molecule has 0 atom stereocenters. The molecule has 5 nitrogen and oxygen atoms in total. The third-order valence-electron chi connectivity index (χ3n) is 3.55. The molecule has 25 heavy (non-hydrogen) atoms. The van der Waals surface area contributed by atoms with E-state index in [1.165, 1.54) is 20.3 Å². The molecule has 0 N–H and O–H groups in total. The zero-order valence-electron chi connectivity index (χ0n) is 14.7. The lowest BCUT2D eigenvalue weighted by atomic mass is 10.0. The third kappa shape index (κ3) is 4.26. The Kier molecular flexibility index (Phi) is 5.95. The van der Waals surface area contributed by atoms with E-state index in [0.717, 1.165) is 5.56 Å². The molecule has 5 heteroatoms. The van der Waals surface area contributed by atoms with Gasteiger partial charge in [-0.05, 0) is 38.1 Å². The standard InChI is InChI=1S/C20H20O5/c1-5-6-16-17(20(22)24-4)11-14(19(21)23-3)12-18(16)25-15-9-7-13(2)8-10-15/h5-12H,1-4H3/b6-5+. The second kappa shape index (κ2) is 8.15. The van der Waals surface area contributed by atoms with Gasteiger partial charge in [-0.1, -0.05) is 29.8 Å². The Hall–Kier alpha value is -3.08. The van der Waals surface area contributed by atoms with E-state index in [0.29, 0.717) is 17.1 Å². The molecule has 0 radical (unpaired) electrons. The van der Waals surface area contributed by atoms with E-state index < -0.39 is 11.9 Å². The minimum absolute atomic E-state index is 0.207. The number of methoxy groups -OCH3 is 2. The van der Waals surface area contributed by atoms with Gasteiger partial charge in [-0.15, -0.1) is 0 Å². The van der Waals surface area contributed by atoms with Crippen LogP contribution in [0.5, 0.6) is 11.5 Å². The van der Waals surface area contributed by atoms with Crippen LogP contribution in [0.4, 0.5) is 0 Å². The third-order valence-corrected chi connectivity index (χ3v) is 3.55. The lowest BCUT2D eigenvalue weighted by Crippen LogP contribution is -2.09. The molecule has 0 aliphatic rings. The molecular formula is C20H20O5. The first-order valence-electron chi connectivity index (χ1n) is 7.72. The first-order valence-corrected chi connectivity index (χ1v) is 7.72. The Balaban J connectivity index is 2.62. The van der Waals surface area contributed by atoms with Gasteiger partial charge in [0.2, 0.25) is 0 Å². The van der Waals surface area contributed by atoms with E-state index in [9.17, 15) is 9.59 Å². The molecule has 0 saturated carbocycles. The maximum Gasteiger partial charge on any atom is 0.338 e. The summed E-state index contributed by atoms with van der Waals surface area (Å²) < 4.78 is 15.5.